The Bertz CT molecular complexity index is 737. The first-order valence-electron chi connectivity index (χ1n) is 6.89. The first-order chi connectivity index (χ1) is 9.65. The van der Waals surface area contributed by atoms with Gasteiger partial charge in [0.2, 0.25) is 0 Å². The summed E-state index contributed by atoms with van der Waals surface area (Å²) < 4.78 is 2.13. The van der Waals surface area contributed by atoms with Crippen LogP contribution in [0.2, 0.25) is 0 Å². The summed E-state index contributed by atoms with van der Waals surface area (Å²) in [6.07, 6.45) is 0. The fourth-order valence-electron chi connectivity index (χ4n) is 2.62. The predicted molar refractivity (Wildman–Crippen MR) is 83.5 cm³/mol. The van der Waals surface area contributed by atoms with Gasteiger partial charge in [-0.25, -0.2) is 0 Å². The number of rotatable bonds is 3. The quantitative estimate of drug-likeness (QED) is 0.782. The average Bonchev–Trinajstić information content (AvgIpc) is 2.75. The molecule has 0 atom stereocenters. The summed E-state index contributed by atoms with van der Waals surface area (Å²) in [4.78, 5) is 4.58. The molecule has 1 N–H and O–H groups in total. The SMILES string of the molecule is Cc1cc(CNn2c(C)ccc2C)c2ccccc2n1. The minimum atomic E-state index is 0.792. The fourth-order valence-corrected chi connectivity index (χ4v) is 2.62. The van der Waals surface area contributed by atoms with E-state index in [1.807, 2.05) is 13.0 Å². The molecule has 20 heavy (non-hydrogen) atoms. The van der Waals surface area contributed by atoms with E-state index in [2.05, 4.69) is 65.3 Å². The van der Waals surface area contributed by atoms with Crippen LogP contribution in [0.25, 0.3) is 10.9 Å². The molecule has 2 heterocycles. The molecular weight excluding hydrogens is 246 g/mol. The average molecular weight is 265 g/mol. The largest absolute Gasteiger partial charge is 0.322 e. The highest BCUT2D eigenvalue weighted by molar-refractivity contribution is 5.82. The second-order valence-electron chi connectivity index (χ2n) is 5.23. The Balaban J connectivity index is 1.95. The van der Waals surface area contributed by atoms with Gasteiger partial charge in [-0.05, 0) is 50.6 Å². The molecule has 0 aliphatic heterocycles. The summed E-state index contributed by atoms with van der Waals surface area (Å²) in [5, 5.41) is 1.22. The number of pyridine rings is 1. The number of para-hydroxylation sites is 1. The first kappa shape index (κ1) is 12.7. The van der Waals surface area contributed by atoms with E-state index in [4.69, 9.17) is 0 Å². The van der Waals surface area contributed by atoms with Gasteiger partial charge in [0.1, 0.15) is 0 Å². The number of nitrogens with zero attached hydrogens (tertiary/aromatic N) is 2. The summed E-state index contributed by atoms with van der Waals surface area (Å²) in [6.45, 7) is 7.05. The molecule has 0 spiro atoms. The molecule has 0 amide bonds. The molecule has 102 valence electrons. The van der Waals surface area contributed by atoms with Crippen LogP contribution in [-0.4, -0.2) is 9.66 Å². The molecule has 0 saturated heterocycles. The predicted octanol–water partition coefficient (Wildman–Crippen LogP) is 3.71. The second kappa shape index (κ2) is 5.00. The zero-order valence-electron chi connectivity index (χ0n) is 12.1. The van der Waals surface area contributed by atoms with Crippen molar-refractivity contribution in [2.75, 3.05) is 5.43 Å². The van der Waals surface area contributed by atoms with Crippen LogP contribution < -0.4 is 5.43 Å². The number of nitrogens with one attached hydrogen (secondary N) is 1. The highest BCUT2D eigenvalue weighted by Crippen LogP contribution is 2.18. The number of hydrogen-bond donors (Lipinski definition) is 1. The van der Waals surface area contributed by atoms with Crippen molar-refractivity contribution < 1.29 is 0 Å². The molecule has 3 aromatic rings. The Labute approximate surface area is 119 Å². The maximum absolute atomic E-state index is 4.58. The Morgan fingerprint density at radius 1 is 1.00 bits per heavy atom. The van der Waals surface area contributed by atoms with Crippen molar-refractivity contribution in [1.29, 1.82) is 0 Å². The third-order valence-corrected chi connectivity index (χ3v) is 3.63. The Morgan fingerprint density at radius 2 is 1.70 bits per heavy atom. The van der Waals surface area contributed by atoms with Crippen LogP contribution in [0.3, 0.4) is 0 Å². The smallest absolute Gasteiger partial charge is 0.0708 e. The van der Waals surface area contributed by atoms with Crippen LogP contribution in [0, 0.1) is 20.8 Å². The number of hydrogen-bond acceptors (Lipinski definition) is 2. The number of fused-ring (bicyclic) bond motifs is 1. The van der Waals surface area contributed by atoms with Gasteiger partial charge in [0.15, 0.2) is 0 Å². The molecule has 0 saturated carbocycles. The van der Waals surface area contributed by atoms with Gasteiger partial charge in [-0.2, -0.15) is 0 Å². The summed E-state index contributed by atoms with van der Waals surface area (Å²) in [7, 11) is 0. The minimum absolute atomic E-state index is 0.792. The van der Waals surface area contributed by atoms with Gasteiger partial charge in [0.25, 0.3) is 0 Å². The Kier molecular flexibility index (Phi) is 3.18. The molecule has 3 rings (SSSR count). The highest BCUT2D eigenvalue weighted by Gasteiger charge is 2.05. The Hall–Kier alpha value is -2.29. The summed E-state index contributed by atoms with van der Waals surface area (Å²) >= 11 is 0. The van der Waals surface area contributed by atoms with Crippen molar-refractivity contribution in [3.63, 3.8) is 0 Å². The van der Waals surface area contributed by atoms with Gasteiger partial charge >= 0.3 is 0 Å². The zero-order valence-corrected chi connectivity index (χ0v) is 12.1. The molecular formula is C17H19N3. The van der Waals surface area contributed by atoms with Crippen molar-refractivity contribution in [2.24, 2.45) is 0 Å². The Morgan fingerprint density at radius 3 is 2.45 bits per heavy atom. The van der Waals surface area contributed by atoms with Crippen molar-refractivity contribution in [3.05, 3.63) is 65.1 Å². The van der Waals surface area contributed by atoms with Crippen molar-refractivity contribution in [2.45, 2.75) is 27.3 Å². The third-order valence-electron chi connectivity index (χ3n) is 3.63. The van der Waals surface area contributed by atoms with Gasteiger partial charge in [0, 0.05) is 22.5 Å². The van der Waals surface area contributed by atoms with E-state index < -0.39 is 0 Å². The monoisotopic (exact) mass is 265 g/mol. The van der Waals surface area contributed by atoms with Crippen LogP contribution in [-0.2, 0) is 6.54 Å². The van der Waals surface area contributed by atoms with Crippen molar-refractivity contribution >= 4 is 10.9 Å². The molecule has 0 aliphatic rings. The first-order valence-corrected chi connectivity index (χ1v) is 6.89. The van der Waals surface area contributed by atoms with E-state index >= 15 is 0 Å². The second-order valence-corrected chi connectivity index (χ2v) is 5.23. The van der Waals surface area contributed by atoms with Crippen LogP contribution >= 0.6 is 0 Å². The zero-order chi connectivity index (χ0) is 14.1. The van der Waals surface area contributed by atoms with Gasteiger partial charge in [-0.1, -0.05) is 18.2 Å². The van der Waals surface area contributed by atoms with E-state index in [-0.39, 0.29) is 0 Å². The molecule has 3 heteroatoms. The summed E-state index contributed by atoms with van der Waals surface area (Å²) in [6, 6.07) is 14.7. The van der Waals surface area contributed by atoms with E-state index in [0.29, 0.717) is 0 Å². The van der Waals surface area contributed by atoms with Crippen LogP contribution in [0.4, 0.5) is 0 Å². The number of aromatic nitrogens is 2. The lowest BCUT2D eigenvalue weighted by Gasteiger charge is -2.14. The number of benzene rings is 1. The normalized spacial score (nSPS) is 10.9. The third kappa shape index (κ3) is 2.27. The van der Waals surface area contributed by atoms with E-state index in [0.717, 1.165) is 17.8 Å². The lowest BCUT2D eigenvalue weighted by Crippen LogP contribution is -2.17. The molecule has 0 unspecified atom stereocenters. The van der Waals surface area contributed by atoms with Gasteiger partial charge in [-0.15, -0.1) is 0 Å². The van der Waals surface area contributed by atoms with E-state index in [1.165, 1.54) is 22.3 Å². The van der Waals surface area contributed by atoms with E-state index in [9.17, 15) is 0 Å². The van der Waals surface area contributed by atoms with Gasteiger partial charge < -0.3 is 5.43 Å². The molecule has 0 bridgehead atoms. The molecule has 1 aromatic carbocycles. The standard InChI is InChI=1S/C17H19N3/c1-12-10-15(16-6-4-5-7-17(16)19-12)11-18-20-13(2)8-9-14(20)3/h4-10,18H,11H2,1-3H3. The molecule has 0 aliphatic carbocycles. The molecule has 0 fully saturated rings. The van der Waals surface area contributed by atoms with Crippen molar-refractivity contribution in [1.82, 2.24) is 9.66 Å². The molecule has 3 nitrogen and oxygen atoms in total. The molecule has 0 radical (unpaired) electrons. The summed E-state index contributed by atoms with van der Waals surface area (Å²) in [5.74, 6) is 0. The van der Waals surface area contributed by atoms with Crippen molar-refractivity contribution in [3.8, 4) is 0 Å². The lowest BCUT2D eigenvalue weighted by molar-refractivity contribution is 0.793. The molecule has 2 aromatic heterocycles. The fraction of sp³-hybridized carbons (Fsp3) is 0.235. The minimum Gasteiger partial charge on any atom is -0.322 e. The summed E-state index contributed by atoms with van der Waals surface area (Å²) in [5.41, 5.74) is 9.32. The van der Waals surface area contributed by atoms with E-state index in [1.54, 1.807) is 0 Å². The van der Waals surface area contributed by atoms with Crippen LogP contribution in [0.5, 0.6) is 0 Å². The maximum atomic E-state index is 4.58. The lowest BCUT2D eigenvalue weighted by atomic mass is 10.1. The maximum Gasteiger partial charge on any atom is 0.0708 e. The van der Waals surface area contributed by atoms with Crippen LogP contribution in [0.15, 0.2) is 42.5 Å². The van der Waals surface area contributed by atoms with Gasteiger partial charge in [-0.3, -0.25) is 9.66 Å². The number of aryl methyl sites for hydroxylation is 3. The van der Waals surface area contributed by atoms with Gasteiger partial charge in [0.05, 0.1) is 12.1 Å². The van der Waals surface area contributed by atoms with Crippen LogP contribution in [0.1, 0.15) is 22.6 Å². The highest BCUT2D eigenvalue weighted by atomic mass is 15.4. The topological polar surface area (TPSA) is 29.9 Å².